The number of hydrogen-bond donors (Lipinski definition) is 2. The second-order valence-electron chi connectivity index (χ2n) is 6.31. The van der Waals surface area contributed by atoms with Crippen molar-refractivity contribution in [3.05, 3.63) is 47.0 Å². The summed E-state index contributed by atoms with van der Waals surface area (Å²) in [7, 11) is -4.82. The standard InChI is InChI=1S/C17H14F2N6O4S/c1-8-15(21-6-10(5-20)22-8)9(2)23-13(26)7-25-17(27)24-12-4-3-11(18)14(19)16(12)30(25,28)29/h3-4,6,9H,7H2,1-2H3,(H,23,26)(H,24,27)/t9-/m0/s1. The predicted octanol–water partition coefficient (Wildman–Crippen LogP) is 1.35. The zero-order chi connectivity index (χ0) is 22.2. The molecule has 156 valence electrons. The van der Waals surface area contributed by atoms with Gasteiger partial charge < -0.3 is 10.6 Å². The third-order valence-electron chi connectivity index (χ3n) is 4.24. The summed E-state index contributed by atoms with van der Waals surface area (Å²) in [6.07, 6.45) is 1.21. The van der Waals surface area contributed by atoms with Crippen LogP contribution in [-0.2, 0) is 14.8 Å². The molecule has 1 aromatic heterocycles. The number of benzene rings is 1. The van der Waals surface area contributed by atoms with E-state index in [4.69, 9.17) is 5.26 Å². The average molecular weight is 436 g/mol. The van der Waals surface area contributed by atoms with E-state index in [-0.39, 0.29) is 10.00 Å². The van der Waals surface area contributed by atoms with Crippen LogP contribution in [0, 0.1) is 29.9 Å². The van der Waals surface area contributed by atoms with E-state index in [0.717, 1.165) is 6.07 Å². The molecule has 3 amide bonds. The molecule has 2 aromatic rings. The zero-order valence-electron chi connectivity index (χ0n) is 15.6. The number of fused-ring (bicyclic) bond motifs is 1. The Bertz CT molecular complexity index is 1210. The van der Waals surface area contributed by atoms with Crippen molar-refractivity contribution in [2.75, 3.05) is 11.9 Å². The number of nitrogens with zero attached hydrogens (tertiary/aromatic N) is 4. The number of halogens is 2. The molecule has 0 saturated carbocycles. The van der Waals surface area contributed by atoms with Crippen LogP contribution in [0.25, 0.3) is 0 Å². The highest BCUT2D eigenvalue weighted by molar-refractivity contribution is 7.90. The lowest BCUT2D eigenvalue weighted by atomic mass is 10.2. The van der Waals surface area contributed by atoms with Crippen molar-refractivity contribution in [2.24, 2.45) is 0 Å². The van der Waals surface area contributed by atoms with Gasteiger partial charge in [-0.1, -0.05) is 0 Å². The van der Waals surface area contributed by atoms with E-state index in [2.05, 4.69) is 20.6 Å². The number of aryl methyl sites for hydroxylation is 1. The Morgan fingerprint density at radius 2 is 2.10 bits per heavy atom. The van der Waals surface area contributed by atoms with Gasteiger partial charge >= 0.3 is 6.03 Å². The summed E-state index contributed by atoms with van der Waals surface area (Å²) in [5.74, 6) is -3.97. The van der Waals surface area contributed by atoms with Crippen LogP contribution in [0.2, 0.25) is 0 Å². The molecular formula is C17H14F2N6O4S. The van der Waals surface area contributed by atoms with Gasteiger partial charge in [-0.05, 0) is 26.0 Å². The summed E-state index contributed by atoms with van der Waals surface area (Å²) in [6.45, 7) is 2.13. The van der Waals surface area contributed by atoms with Crippen molar-refractivity contribution in [3.8, 4) is 6.07 Å². The molecule has 2 heterocycles. The first-order valence-electron chi connectivity index (χ1n) is 8.41. The number of aromatic nitrogens is 2. The number of hydrogen-bond acceptors (Lipinski definition) is 7. The van der Waals surface area contributed by atoms with E-state index < -0.39 is 56.8 Å². The molecule has 1 aliphatic rings. The molecule has 0 radical (unpaired) electrons. The van der Waals surface area contributed by atoms with Gasteiger partial charge in [-0.25, -0.2) is 31.3 Å². The fourth-order valence-electron chi connectivity index (χ4n) is 2.89. The predicted molar refractivity (Wildman–Crippen MR) is 97.3 cm³/mol. The average Bonchev–Trinajstić information content (AvgIpc) is 2.67. The number of carbonyl (C=O) groups excluding carboxylic acids is 2. The number of carbonyl (C=O) groups is 2. The molecule has 10 nitrogen and oxygen atoms in total. The Labute approximate surface area is 169 Å². The summed E-state index contributed by atoms with van der Waals surface area (Å²) in [4.78, 5) is 31.5. The van der Waals surface area contributed by atoms with Crippen LogP contribution in [0.1, 0.15) is 30.0 Å². The molecule has 2 N–H and O–H groups in total. The van der Waals surface area contributed by atoms with Crippen LogP contribution in [0.4, 0.5) is 19.3 Å². The van der Waals surface area contributed by atoms with Crippen molar-refractivity contribution in [2.45, 2.75) is 24.8 Å². The van der Waals surface area contributed by atoms with Gasteiger partial charge in [0, 0.05) is 0 Å². The molecule has 1 aromatic carbocycles. The summed E-state index contributed by atoms with van der Waals surface area (Å²) in [5, 5.41) is 13.4. The van der Waals surface area contributed by atoms with Crippen LogP contribution in [0.3, 0.4) is 0 Å². The molecule has 0 saturated heterocycles. The van der Waals surface area contributed by atoms with Crippen LogP contribution in [0.15, 0.2) is 23.2 Å². The lowest BCUT2D eigenvalue weighted by Crippen LogP contribution is -2.49. The van der Waals surface area contributed by atoms with Gasteiger partial charge in [0.05, 0.1) is 29.3 Å². The van der Waals surface area contributed by atoms with E-state index in [1.165, 1.54) is 13.1 Å². The lowest BCUT2D eigenvalue weighted by molar-refractivity contribution is -0.121. The number of anilines is 1. The van der Waals surface area contributed by atoms with Gasteiger partial charge in [0.15, 0.2) is 17.3 Å². The number of rotatable bonds is 4. The van der Waals surface area contributed by atoms with Crippen molar-refractivity contribution >= 4 is 27.6 Å². The molecular weight excluding hydrogens is 422 g/mol. The first kappa shape index (κ1) is 21.1. The minimum atomic E-state index is -4.82. The molecule has 1 aliphatic heterocycles. The molecule has 0 fully saturated rings. The minimum Gasteiger partial charge on any atom is -0.346 e. The minimum absolute atomic E-state index is 0.0822. The molecule has 30 heavy (non-hydrogen) atoms. The van der Waals surface area contributed by atoms with Crippen molar-refractivity contribution in [1.82, 2.24) is 19.6 Å². The molecule has 0 spiro atoms. The molecule has 13 heteroatoms. The number of nitriles is 1. The van der Waals surface area contributed by atoms with Gasteiger partial charge in [0.2, 0.25) is 5.91 Å². The van der Waals surface area contributed by atoms with Gasteiger partial charge in [-0.3, -0.25) is 9.78 Å². The maximum absolute atomic E-state index is 14.1. The maximum Gasteiger partial charge on any atom is 0.336 e. The second kappa shape index (κ2) is 7.64. The van der Waals surface area contributed by atoms with E-state index in [9.17, 15) is 26.8 Å². The van der Waals surface area contributed by atoms with Crippen LogP contribution in [-0.4, -0.2) is 41.2 Å². The zero-order valence-corrected chi connectivity index (χ0v) is 16.4. The second-order valence-corrected chi connectivity index (χ2v) is 8.11. The highest BCUT2D eigenvalue weighted by Gasteiger charge is 2.41. The van der Waals surface area contributed by atoms with E-state index in [0.29, 0.717) is 17.5 Å². The Morgan fingerprint density at radius 3 is 2.73 bits per heavy atom. The summed E-state index contributed by atoms with van der Waals surface area (Å²) >= 11 is 0. The monoisotopic (exact) mass is 436 g/mol. The van der Waals surface area contributed by atoms with Gasteiger partial charge in [-0.15, -0.1) is 0 Å². The van der Waals surface area contributed by atoms with E-state index in [1.807, 2.05) is 6.07 Å². The SMILES string of the molecule is Cc1nc(C#N)cnc1[C@H](C)NC(=O)CN1C(=O)Nc2ccc(F)c(F)c2S1(=O)=O. The Kier molecular flexibility index (Phi) is 5.36. The van der Waals surface area contributed by atoms with Crippen molar-refractivity contribution < 1.29 is 26.8 Å². The third kappa shape index (κ3) is 3.64. The number of sulfonamides is 1. The smallest absolute Gasteiger partial charge is 0.336 e. The quantitative estimate of drug-likeness (QED) is 0.736. The molecule has 0 bridgehead atoms. The topological polar surface area (TPSA) is 145 Å². The summed E-state index contributed by atoms with van der Waals surface area (Å²) in [5.41, 5.74) is 0.356. The highest BCUT2D eigenvalue weighted by atomic mass is 32.2. The largest absolute Gasteiger partial charge is 0.346 e. The first-order valence-corrected chi connectivity index (χ1v) is 9.85. The van der Waals surface area contributed by atoms with Gasteiger partial charge in [0.1, 0.15) is 17.5 Å². The van der Waals surface area contributed by atoms with Crippen LogP contribution >= 0.6 is 0 Å². The van der Waals surface area contributed by atoms with E-state index >= 15 is 0 Å². The summed E-state index contributed by atoms with van der Waals surface area (Å²) < 4.78 is 53.0. The van der Waals surface area contributed by atoms with Crippen molar-refractivity contribution in [3.63, 3.8) is 0 Å². The molecule has 1 atom stereocenters. The number of nitrogens with one attached hydrogen (secondary N) is 2. The van der Waals surface area contributed by atoms with Crippen LogP contribution < -0.4 is 10.6 Å². The van der Waals surface area contributed by atoms with E-state index in [1.54, 1.807) is 6.92 Å². The molecule has 0 unspecified atom stereocenters. The Hall–Kier alpha value is -3.66. The summed E-state index contributed by atoms with van der Waals surface area (Å²) in [6, 6.07) is 1.48. The van der Waals surface area contributed by atoms with Crippen molar-refractivity contribution in [1.29, 1.82) is 5.26 Å². The third-order valence-corrected chi connectivity index (χ3v) is 6.03. The maximum atomic E-state index is 14.1. The normalized spacial score (nSPS) is 15.6. The molecule has 0 aliphatic carbocycles. The Balaban J connectivity index is 1.82. The van der Waals surface area contributed by atoms with Gasteiger partial charge in [-0.2, -0.15) is 5.26 Å². The highest BCUT2D eigenvalue weighted by Crippen LogP contribution is 2.33. The first-order chi connectivity index (χ1) is 14.1. The lowest BCUT2D eigenvalue weighted by Gasteiger charge is -2.29. The number of amides is 3. The number of urea groups is 1. The fourth-order valence-corrected chi connectivity index (χ4v) is 4.38. The fraction of sp³-hybridized carbons (Fsp3) is 0.235. The molecule has 3 rings (SSSR count). The Morgan fingerprint density at radius 1 is 1.40 bits per heavy atom. The van der Waals surface area contributed by atoms with Crippen LogP contribution in [0.5, 0.6) is 0 Å². The van der Waals surface area contributed by atoms with Gasteiger partial charge in [0.25, 0.3) is 10.0 Å².